The van der Waals surface area contributed by atoms with Crippen molar-refractivity contribution in [2.24, 2.45) is 5.92 Å². The quantitative estimate of drug-likeness (QED) is 0.544. The molecule has 8 nitrogen and oxygen atoms in total. The Labute approximate surface area is 202 Å². The molecule has 1 fully saturated rings. The van der Waals surface area contributed by atoms with E-state index in [1.54, 1.807) is 17.0 Å². The van der Waals surface area contributed by atoms with Crippen molar-refractivity contribution in [1.29, 1.82) is 0 Å². The molecular formula is C25H27N3O5S. The lowest BCUT2D eigenvalue weighted by atomic mass is 9.77. The van der Waals surface area contributed by atoms with Crippen LogP contribution in [0.15, 0.2) is 42.2 Å². The van der Waals surface area contributed by atoms with Crippen LogP contribution >= 0.6 is 11.3 Å². The average Bonchev–Trinajstić information content (AvgIpc) is 3.39. The number of hydrogen-bond donors (Lipinski definition) is 0. The van der Waals surface area contributed by atoms with E-state index in [1.165, 1.54) is 11.3 Å². The molecule has 0 N–H and O–H groups in total. The number of anilines is 1. The third kappa shape index (κ3) is 3.77. The molecule has 1 aromatic carbocycles. The van der Waals surface area contributed by atoms with Crippen LogP contribution in [0.3, 0.4) is 0 Å². The van der Waals surface area contributed by atoms with Crippen LogP contribution in [0, 0.1) is 12.8 Å². The molecule has 1 saturated carbocycles. The number of carbonyl (C=O) groups excluding carboxylic acids is 2. The molecule has 34 heavy (non-hydrogen) atoms. The highest BCUT2D eigenvalue weighted by molar-refractivity contribution is 7.15. The zero-order valence-electron chi connectivity index (χ0n) is 19.3. The SMILES string of the molecule is C=CCOc1ccc(C2C3=C(OC4CCCCC4C3=O)C(=O)N2c2nnc(C)s2)cc1OCC. The van der Waals surface area contributed by atoms with Gasteiger partial charge in [0.15, 0.2) is 23.0 Å². The summed E-state index contributed by atoms with van der Waals surface area (Å²) in [6, 6.07) is 4.82. The van der Waals surface area contributed by atoms with E-state index in [-0.39, 0.29) is 29.5 Å². The van der Waals surface area contributed by atoms with E-state index in [9.17, 15) is 9.59 Å². The van der Waals surface area contributed by atoms with Crippen molar-refractivity contribution < 1.29 is 23.8 Å². The van der Waals surface area contributed by atoms with Crippen LogP contribution in [0.2, 0.25) is 0 Å². The molecule has 3 aliphatic rings. The molecule has 3 unspecified atom stereocenters. The number of rotatable bonds is 7. The van der Waals surface area contributed by atoms with Crippen molar-refractivity contribution in [2.45, 2.75) is 51.7 Å². The van der Waals surface area contributed by atoms with E-state index in [0.717, 1.165) is 36.3 Å². The first-order chi connectivity index (χ1) is 16.5. The van der Waals surface area contributed by atoms with E-state index >= 15 is 0 Å². The summed E-state index contributed by atoms with van der Waals surface area (Å²) in [5.41, 5.74) is 1.13. The van der Waals surface area contributed by atoms with E-state index in [1.807, 2.05) is 26.0 Å². The van der Waals surface area contributed by atoms with Gasteiger partial charge < -0.3 is 14.2 Å². The van der Waals surface area contributed by atoms with Crippen molar-refractivity contribution in [3.05, 3.63) is 52.8 Å². The molecule has 1 aromatic heterocycles. The Morgan fingerprint density at radius 1 is 1.21 bits per heavy atom. The van der Waals surface area contributed by atoms with Crippen molar-refractivity contribution in [2.75, 3.05) is 18.1 Å². The molecule has 3 heterocycles. The minimum absolute atomic E-state index is 0.00187. The number of aromatic nitrogens is 2. The first kappa shape index (κ1) is 22.6. The molecule has 178 valence electrons. The lowest BCUT2D eigenvalue weighted by Gasteiger charge is -2.35. The summed E-state index contributed by atoms with van der Waals surface area (Å²) < 4.78 is 17.8. The number of Topliss-reactive ketones (excluding diaryl/α,β-unsaturated/α-hetero) is 1. The molecule has 0 radical (unpaired) electrons. The first-order valence-electron chi connectivity index (χ1n) is 11.6. The number of fused-ring (bicyclic) bond motifs is 1. The van der Waals surface area contributed by atoms with Gasteiger partial charge in [0, 0.05) is 0 Å². The third-order valence-electron chi connectivity index (χ3n) is 6.42. The summed E-state index contributed by atoms with van der Waals surface area (Å²) in [6.45, 7) is 8.19. The topological polar surface area (TPSA) is 90.9 Å². The van der Waals surface area contributed by atoms with Crippen LogP contribution in [-0.4, -0.2) is 41.2 Å². The largest absolute Gasteiger partial charge is 0.490 e. The van der Waals surface area contributed by atoms with E-state index < -0.39 is 6.04 Å². The number of amides is 1. The van der Waals surface area contributed by atoms with Crippen molar-refractivity contribution in [3.63, 3.8) is 0 Å². The minimum Gasteiger partial charge on any atom is -0.490 e. The Kier molecular flexibility index (Phi) is 6.12. The summed E-state index contributed by atoms with van der Waals surface area (Å²) in [7, 11) is 0. The predicted molar refractivity (Wildman–Crippen MR) is 127 cm³/mol. The molecule has 2 aliphatic heterocycles. The summed E-state index contributed by atoms with van der Waals surface area (Å²) in [5.74, 6) is 0.685. The zero-order chi connectivity index (χ0) is 23.8. The third-order valence-corrected chi connectivity index (χ3v) is 7.26. The van der Waals surface area contributed by atoms with Crippen molar-refractivity contribution in [3.8, 4) is 11.5 Å². The molecule has 3 atom stereocenters. The Balaban J connectivity index is 1.63. The smallest absolute Gasteiger partial charge is 0.296 e. The summed E-state index contributed by atoms with van der Waals surface area (Å²) in [5, 5.41) is 9.50. The van der Waals surface area contributed by atoms with Crippen LogP contribution in [0.1, 0.15) is 49.2 Å². The zero-order valence-corrected chi connectivity index (χ0v) is 20.1. The molecule has 5 rings (SSSR count). The number of benzene rings is 1. The van der Waals surface area contributed by atoms with Gasteiger partial charge in [-0.3, -0.25) is 14.5 Å². The Hall–Kier alpha value is -3.20. The van der Waals surface area contributed by atoms with Crippen LogP contribution < -0.4 is 14.4 Å². The fraction of sp³-hybridized carbons (Fsp3) is 0.440. The monoisotopic (exact) mass is 481 g/mol. The van der Waals surface area contributed by atoms with Crippen LogP contribution in [-0.2, 0) is 14.3 Å². The van der Waals surface area contributed by atoms with E-state index in [2.05, 4.69) is 16.8 Å². The van der Waals surface area contributed by atoms with Gasteiger partial charge in [0.2, 0.25) is 5.13 Å². The molecule has 9 heteroatoms. The van der Waals surface area contributed by atoms with Crippen molar-refractivity contribution >= 4 is 28.2 Å². The Morgan fingerprint density at radius 2 is 2.03 bits per heavy atom. The van der Waals surface area contributed by atoms with Crippen LogP contribution in [0.25, 0.3) is 0 Å². The highest BCUT2D eigenvalue weighted by atomic mass is 32.1. The molecule has 0 saturated heterocycles. The summed E-state index contributed by atoms with van der Waals surface area (Å²) >= 11 is 1.31. The van der Waals surface area contributed by atoms with Gasteiger partial charge in [-0.2, -0.15) is 0 Å². The standard InChI is InChI=1S/C25H27N3O5S/c1-4-12-32-18-11-10-15(13-19(18)31-5-2)21-20-22(29)16-8-6-7-9-17(16)33-23(20)24(30)28(21)25-27-26-14(3)34-25/h4,10-11,13,16-17,21H,1,5-9,12H2,2-3H3. The maximum atomic E-state index is 13.8. The lowest BCUT2D eigenvalue weighted by Crippen LogP contribution is -2.39. The molecule has 0 bridgehead atoms. The second kappa shape index (κ2) is 9.21. The summed E-state index contributed by atoms with van der Waals surface area (Å²) in [4.78, 5) is 28.9. The normalized spacial score (nSPS) is 23.9. The molecule has 1 amide bonds. The van der Waals surface area contributed by atoms with Gasteiger partial charge in [0.25, 0.3) is 5.91 Å². The fourth-order valence-electron chi connectivity index (χ4n) is 4.97. The van der Waals surface area contributed by atoms with E-state index in [4.69, 9.17) is 14.2 Å². The highest BCUT2D eigenvalue weighted by Crippen LogP contribution is 2.49. The first-order valence-corrected chi connectivity index (χ1v) is 12.4. The van der Waals surface area contributed by atoms with E-state index in [0.29, 0.717) is 35.4 Å². The Bertz CT molecular complexity index is 1170. The number of carbonyl (C=O) groups is 2. The molecule has 0 spiro atoms. The molecule has 2 aromatic rings. The van der Waals surface area contributed by atoms with Gasteiger partial charge in [-0.25, -0.2) is 0 Å². The number of hydrogen-bond acceptors (Lipinski definition) is 8. The highest BCUT2D eigenvalue weighted by Gasteiger charge is 2.53. The van der Waals surface area contributed by atoms with Gasteiger partial charge in [-0.15, -0.1) is 10.2 Å². The van der Waals surface area contributed by atoms with Gasteiger partial charge in [-0.1, -0.05) is 36.5 Å². The maximum Gasteiger partial charge on any atom is 0.296 e. The van der Waals surface area contributed by atoms with Crippen LogP contribution in [0.5, 0.6) is 11.5 Å². The number of ketones is 1. The lowest BCUT2D eigenvalue weighted by molar-refractivity contribution is -0.131. The number of nitrogens with zero attached hydrogens (tertiary/aromatic N) is 3. The van der Waals surface area contributed by atoms with Gasteiger partial charge >= 0.3 is 0 Å². The average molecular weight is 482 g/mol. The van der Waals surface area contributed by atoms with Gasteiger partial charge in [0.05, 0.1) is 24.1 Å². The van der Waals surface area contributed by atoms with Gasteiger partial charge in [0.1, 0.15) is 17.7 Å². The maximum absolute atomic E-state index is 13.8. The van der Waals surface area contributed by atoms with Crippen molar-refractivity contribution in [1.82, 2.24) is 10.2 Å². The van der Waals surface area contributed by atoms with Crippen LogP contribution in [0.4, 0.5) is 5.13 Å². The number of aryl methyl sites for hydroxylation is 1. The van der Waals surface area contributed by atoms with Gasteiger partial charge in [-0.05, 0) is 50.8 Å². The molecule has 1 aliphatic carbocycles. The fourth-order valence-corrected chi connectivity index (χ4v) is 5.69. The second-order valence-electron chi connectivity index (χ2n) is 8.57. The predicted octanol–water partition coefficient (Wildman–Crippen LogP) is 4.31. The number of ether oxygens (including phenoxy) is 3. The molecular weight excluding hydrogens is 454 g/mol. The second-order valence-corrected chi connectivity index (χ2v) is 9.73. The summed E-state index contributed by atoms with van der Waals surface area (Å²) in [6.07, 6.45) is 4.96. The minimum atomic E-state index is -0.669. The Morgan fingerprint density at radius 3 is 2.76 bits per heavy atom.